The average Bonchev–Trinajstić information content (AvgIpc) is 3.13. The molecule has 0 aliphatic heterocycles. The van der Waals surface area contributed by atoms with Gasteiger partial charge in [0.1, 0.15) is 0 Å². The molecule has 1 aromatic rings. The number of benzene rings is 1. The van der Waals surface area contributed by atoms with Crippen LogP contribution in [0.5, 0.6) is 0 Å². The maximum absolute atomic E-state index is 12.1. The molecule has 0 aromatic heterocycles. The molecule has 0 radical (unpaired) electrons. The van der Waals surface area contributed by atoms with E-state index in [0.29, 0.717) is 5.92 Å². The van der Waals surface area contributed by atoms with E-state index in [1.54, 1.807) is 11.8 Å². The van der Waals surface area contributed by atoms with Gasteiger partial charge in [0.15, 0.2) is 0 Å². The van der Waals surface area contributed by atoms with Gasteiger partial charge in [-0.15, -0.1) is 11.8 Å². The Morgan fingerprint density at radius 2 is 2.12 bits per heavy atom. The molecule has 3 N–H and O–H groups in total. The molecule has 3 nitrogen and oxygen atoms in total. The SMILES string of the molecule is CSc1ccccc1NC(=O)C(C)(N)C1CC1. The van der Waals surface area contributed by atoms with Crippen molar-refractivity contribution in [3.63, 3.8) is 0 Å². The first-order valence-corrected chi connectivity index (χ1v) is 7.01. The average molecular weight is 250 g/mol. The van der Waals surface area contributed by atoms with Crippen molar-refractivity contribution in [2.24, 2.45) is 11.7 Å². The van der Waals surface area contributed by atoms with E-state index in [0.717, 1.165) is 23.4 Å². The lowest BCUT2D eigenvalue weighted by molar-refractivity contribution is -0.121. The zero-order valence-electron chi connectivity index (χ0n) is 10.2. The number of hydrogen-bond donors (Lipinski definition) is 2. The number of nitrogens with one attached hydrogen (secondary N) is 1. The molecule has 1 aromatic carbocycles. The number of hydrogen-bond acceptors (Lipinski definition) is 3. The number of para-hydroxylation sites is 1. The van der Waals surface area contributed by atoms with E-state index in [1.807, 2.05) is 37.4 Å². The van der Waals surface area contributed by atoms with Crippen molar-refractivity contribution >= 4 is 23.4 Å². The van der Waals surface area contributed by atoms with Gasteiger partial charge in [-0.3, -0.25) is 4.79 Å². The van der Waals surface area contributed by atoms with E-state index < -0.39 is 5.54 Å². The van der Waals surface area contributed by atoms with Crippen LogP contribution in [0.15, 0.2) is 29.2 Å². The fourth-order valence-electron chi connectivity index (χ4n) is 1.87. The van der Waals surface area contributed by atoms with Crippen LogP contribution < -0.4 is 11.1 Å². The molecule has 1 aliphatic carbocycles. The van der Waals surface area contributed by atoms with Gasteiger partial charge in [0.2, 0.25) is 5.91 Å². The third kappa shape index (κ3) is 2.64. The molecular formula is C13H18N2OS. The van der Waals surface area contributed by atoms with Gasteiger partial charge in [0.25, 0.3) is 0 Å². The Morgan fingerprint density at radius 1 is 1.47 bits per heavy atom. The summed E-state index contributed by atoms with van der Waals surface area (Å²) in [7, 11) is 0. The maximum atomic E-state index is 12.1. The van der Waals surface area contributed by atoms with E-state index >= 15 is 0 Å². The molecule has 4 heteroatoms. The third-order valence-corrected chi connectivity index (χ3v) is 4.07. The summed E-state index contributed by atoms with van der Waals surface area (Å²) in [6.45, 7) is 1.82. The van der Waals surface area contributed by atoms with Crippen LogP contribution in [-0.4, -0.2) is 17.7 Å². The van der Waals surface area contributed by atoms with Crippen molar-refractivity contribution in [1.82, 2.24) is 0 Å². The summed E-state index contributed by atoms with van der Waals surface area (Å²) in [6.07, 6.45) is 4.11. The first-order chi connectivity index (χ1) is 8.05. The summed E-state index contributed by atoms with van der Waals surface area (Å²) in [4.78, 5) is 13.2. The monoisotopic (exact) mass is 250 g/mol. The van der Waals surface area contributed by atoms with Crippen LogP contribution in [-0.2, 0) is 4.79 Å². The zero-order chi connectivity index (χ0) is 12.5. The van der Waals surface area contributed by atoms with Gasteiger partial charge in [-0.05, 0) is 44.1 Å². The Kier molecular flexibility index (Phi) is 3.45. The number of anilines is 1. The lowest BCUT2D eigenvalue weighted by Crippen LogP contribution is -2.50. The summed E-state index contributed by atoms with van der Waals surface area (Å²) in [5.74, 6) is 0.255. The summed E-state index contributed by atoms with van der Waals surface area (Å²) in [5, 5.41) is 2.94. The predicted molar refractivity (Wildman–Crippen MR) is 72.2 cm³/mol. The third-order valence-electron chi connectivity index (χ3n) is 3.27. The van der Waals surface area contributed by atoms with Crippen molar-refractivity contribution in [1.29, 1.82) is 0 Å². The zero-order valence-corrected chi connectivity index (χ0v) is 11.0. The normalized spacial score (nSPS) is 18.5. The Morgan fingerprint density at radius 3 is 2.71 bits per heavy atom. The highest BCUT2D eigenvalue weighted by molar-refractivity contribution is 7.98. The van der Waals surface area contributed by atoms with Gasteiger partial charge in [-0.1, -0.05) is 12.1 Å². The topological polar surface area (TPSA) is 55.1 Å². The standard InChI is InChI=1S/C13H18N2OS/c1-13(14,9-7-8-9)12(16)15-10-5-3-4-6-11(10)17-2/h3-6,9H,7-8,14H2,1-2H3,(H,15,16). The molecule has 17 heavy (non-hydrogen) atoms. The fraction of sp³-hybridized carbons (Fsp3) is 0.462. The summed E-state index contributed by atoms with van der Waals surface area (Å²) in [5.41, 5.74) is 6.19. The summed E-state index contributed by atoms with van der Waals surface area (Å²) < 4.78 is 0. The van der Waals surface area contributed by atoms with Gasteiger partial charge >= 0.3 is 0 Å². The second-order valence-electron chi connectivity index (χ2n) is 4.71. The van der Waals surface area contributed by atoms with Gasteiger partial charge in [0.05, 0.1) is 11.2 Å². The van der Waals surface area contributed by atoms with E-state index in [4.69, 9.17) is 5.73 Å². The molecule has 0 spiro atoms. The summed E-state index contributed by atoms with van der Waals surface area (Å²) >= 11 is 1.62. The van der Waals surface area contributed by atoms with Crippen LogP contribution in [0.25, 0.3) is 0 Å². The fourth-order valence-corrected chi connectivity index (χ4v) is 2.43. The van der Waals surface area contributed by atoms with Gasteiger partial charge in [0, 0.05) is 4.90 Å². The van der Waals surface area contributed by atoms with Gasteiger partial charge in [-0.2, -0.15) is 0 Å². The second kappa shape index (κ2) is 4.70. The Bertz CT molecular complexity index is 427. The van der Waals surface area contributed by atoms with E-state index in [9.17, 15) is 4.79 Å². The molecule has 0 bridgehead atoms. The van der Waals surface area contributed by atoms with Crippen molar-refractivity contribution in [2.45, 2.75) is 30.2 Å². The number of nitrogens with two attached hydrogens (primary N) is 1. The van der Waals surface area contributed by atoms with Crippen LogP contribution in [0.4, 0.5) is 5.69 Å². The smallest absolute Gasteiger partial charge is 0.244 e. The summed E-state index contributed by atoms with van der Waals surface area (Å²) in [6, 6.07) is 7.78. The molecule has 1 atom stereocenters. The van der Waals surface area contributed by atoms with Crippen LogP contribution in [0.1, 0.15) is 19.8 Å². The maximum Gasteiger partial charge on any atom is 0.244 e. The molecule has 1 unspecified atom stereocenters. The first-order valence-electron chi connectivity index (χ1n) is 5.79. The molecule has 1 aliphatic rings. The molecule has 1 amide bonds. The highest BCUT2D eigenvalue weighted by Crippen LogP contribution is 2.39. The van der Waals surface area contributed by atoms with E-state index in [2.05, 4.69) is 5.32 Å². The Labute approximate surface area is 106 Å². The largest absolute Gasteiger partial charge is 0.323 e. The first kappa shape index (κ1) is 12.5. The molecule has 0 heterocycles. The molecule has 0 saturated heterocycles. The van der Waals surface area contributed by atoms with Gasteiger partial charge < -0.3 is 11.1 Å². The van der Waals surface area contributed by atoms with Crippen molar-refractivity contribution < 1.29 is 4.79 Å². The van der Waals surface area contributed by atoms with Gasteiger partial charge in [-0.25, -0.2) is 0 Å². The number of rotatable bonds is 4. The van der Waals surface area contributed by atoms with Crippen LogP contribution in [0, 0.1) is 5.92 Å². The quantitative estimate of drug-likeness (QED) is 0.807. The van der Waals surface area contributed by atoms with E-state index in [1.165, 1.54) is 0 Å². The van der Waals surface area contributed by atoms with Crippen molar-refractivity contribution in [2.75, 3.05) is 11.6 Å². The number of carbonyl (C=O) groups excluding carboxylic acids is 1. The number of carbonyl (C=O) groups is 1. The second-order valence-corrected chi connectivity index (χ2v) is 5.56. The van der Waals surface area contributed by atoms with Crippen LogP contribution in [0.3, 0.4) is 0 Å². The predicted octanol–water partition coefficient (Wildman–Crippen LogP) is 2.47. The minimum absolute atomic E-state index is 0.0819. The minimum atomic E-state index is -0.745. The van der Waals surface area contributed by atoms with E-state index in [-0.39, 0.29) is 5.91 Å². The van der Waals surface area contributed by atoms with Crippen LogP contribution >= 0.6 is 11.8 Å². The molecule has 2 rings (SSSR count). The Balaban J connectivity index is 2.12. The number of thioether (sulfide) groups is 1. The van der Waals surface area contributed by atoms with Crippen molar-refractivity contribution in [3.05, 3.63) is 24.3 Å². The van der Waals surface area contributed by atoms with Crippen molar-refractivity contribution in [3.8, 4) is 0 Å². The number of amides is 1. The molecule has 92 valence electrons. The lowest BCUT2D eigenvalue weighted by Gasteiger charge is -2.23. The molecular weight excluding hydrogens is 232 g/mol. The lowest BCUT2D eigenvalue weighted by atomic mass is 9.96. The van der Waals surface area contributed by atoms with Crippen LogP contribution in [0.2, 0.25) is 0 Å². The minimum Gasteiger partial charge on any atom is -0.323 e. The molecule has 1 fully saturated rings. The Hall–Kier alpha value is -1.00. The highest BCUT2D eigenvalue weighted by Gasteiger charge is 2.44. The highest BCUT2D eigenvalue weighted by atomic mass is 32.2. The molecule has 1 saturated carbocycles.